The van der Waals surface area contributed by atoms with Gasteiger partial charge in [-0.05, 0) is 29.8 Å². The van der Waals surface area contributed by atoms with Gasteiger partial charge in [-0.15, -0.1) is 0 Å². The molecule has 0 spiro atoms. The normalized spacial score (nSPS) is 10.5. The Morgan fingerprint density at radius 1 is 1.10 bits per heavy atom. The van der Waals surface area contributed by atoms with E-state index in [0.717, 1.165) is 4.47 Å². The largest absolute Gasteiger partial charge is 0.341 e. The summed E-state index contributed by atoms with van der Waals surface area (Å²) >= 11 is 3.27. The Balaban J connectivity index is 2.06. The second kappa shape index (κ2) is 6.80. The van der Waals surface area contributed by atoms with Crippen molar-refractivity contribution in [1.82, 2.24) is 4.90 Å². The highest BCUT2D eigenvalue weighted by Gasteiger charge is 2.14. The van der Waals surface area contributed by atoms with Crippen LogP contribution in [0.2, 0.25) is 0 Å². The van der Waals surface area contributed by atoms with E-state index in [1.807, 2.05) is 0 Å². The molecule has 2 aromatic rings. The first-order valence-electron chi connectivity index (χ1n) is 6.38. The van der Waals surface area contributed by atoms with E-state index in [-0.39, 0.29) is 24.7 Å². The molecule has 0 bridgehead atoms. The van der Waals surface area contributed by atoms with Crippen molar-refractivity contribution >= 4 is 21.8 Å². The lowest BCUT2D eigenvalue weighted by atomic mass is 10.1. The van der Waals surface area contributed by atoms with Crippen molar-refractivity contribution < 1.29 is 13.6 Å². The molecule has 2 aromatic carbocycles. The predicted molar refractivity (Wildman–Crippen MR) is 80.7 cm³/mol. The molecule has 2 nitrogen and oxygen atoms in total. The number of hydrogen-bond acceptors (Lipinski definition) is 1. The molecule has 0 atom stereocenters. The number of hydrogen-bond donors (Lipinski definition) is 0. The fourth-order valence-electron chi connectivity index (χ4n) is 1.95. The molecule has 5 heteroatoms. The number of rotatable bonds is 4. The van der Waals surface area contributed by atoms with Gasteiger partial charge in [0.1, 0.15) is 11.6 Å². The zero-order chi connectivity index (χ0) is 15.4. The number of nitrogens with zero attached hydrogens (tertiary/aromatic N) is 1. The Labute approximate surface area is 130 Å². The molecule has 2 rings (SSSR count). The Morgan fingerprint density at radius 2 is 1.76 bits per heavy atom. The molecule has 0 radical (unpaired) electrons. The molecular formula is C16H14BrF2NO. The van der Waals surface area contributed by atoms with Crippen LogP contribution in [0, 0.1) is 11.6 Å². The zero-order valence-corrected chi connectivity index (χ0v) is 13.0. The van der Waals surface area contributed by atoms with Crippen LogP contribution < -0.4 is 0 Å². The van der Waals surface area contributed by atoms with Crippen LogP contribution in [0.1, 0.15) is 11.1 Å². The maximum Gasteiger partial charge on any atom is 0.227 e. The van der Waals surface area contributed by atoms with Crippen LogP contribution in [0.15, 0.2) is 46.9 Å². The van der Waals surface area contributed by atoms with E-state index < -0.39 is 5.82 Å². The molecule has 0 fully saturated rings. The summed E-state index contributed by atoms with van der Waals surface area (Å²) in [5.41, 5.74) is 0.748. The molecule has 0 N–H and O–H groups in total. The van der Waals surface area contributed by atoms with E-state index in [0.29, 0.717) is 11.1 Å². The number of amides is 1. The van der Waals surface area contributed by atoms with Gasteiger partial charge in [0.2, 0.25) is 5.91 Å². The van der Waals surface area contributed by atoms with Crippen molar-refractivity contribution in [1.29, 1.82) is 0 Å². The zero-order valence-electron chi connectivity index (χ0n) is 11.4. The number of carbonyl (C=O) groups excluding carboxylic acids is 1. The number of carbonyl (C=O) groups is 1. The van der Waals surface area contributed by atoms with E-state index in [1.165, 1.54) is 17.0 Å². The summed E-state index contributed by atoms with van der Waals surface area (Å²) in [5, 5.41) is 0. The molecule has 110 valence electrons. The summed E-state index contributed by atoms with van der Waals surface area (Å²) < 4.78 is 27.9. The maximum absolute atomic E-state index is 13.7. The summed E-state index contributed by atoms with van der Waals surface area (Å²) in [6, 6.07) is 10.7. The highest BCUT2D eigenvalue weighted by Crippen LogP contribution is 2.17. The van der Waals surface area contributed by atoms with Gasteiger partial charge in [-0.1, -0.05) is 34.1 Å². The second-order valence-electron chi connectivity index (χ2n) is 4.75. The third-order valence-corrected chi connectivity index (χ3v) is 3.63. The third-order valence-electron chi connectivity index (χ3n) is 3.14. The van der Waals surface area contributed by atoms with Crippen molar-refractivity contribution in [3.63, 3.8) is 0 Å². The van der Waals surface area contributed by atoms with Crippen molar-refractivity contribution in [2.75, 3.05) is 7.05 Å². The fraction of sp³-hybridized carbons (Fsp3) is 0.188. The molecule has 0 aliphatic heterocycles. The van der Waals surface area contributed by atoms with Crippen molar-refractivity contribution in [2.45, 2.75) is 13.0 Å². The number of halogens is 3. The molecule has 0 unspecified atom stereocenters. The van der Waals surface area contributed by atoms with E-state index in [2.05, 4.69) is 15.9 Å². The topological polar surface area (TPSA) is 20.3 Å². The first kappa shape index (κ1) is 15.6. The molecule has 0 aromatic heterocycles. The van der Waals surface area contributed by atoms with Gasteiger partial charge in [0.25, 0.3) is 0 Å². The Hall–Kier alpha value is -1.75. The van der Waals surface area contributed by atoms with Gasteiger partial charge in [0, 0.05) is 23.6 Å². The lowest BCUT2D eigenvalue weighted by Gasteiger charge is -2.18. The Bertz CT molecular complexity index is 660. The van der Waals surface area contributed by atoms with Gasteiger partial charge in [0.15, 0.2) is 0 Å². The molecule has 0 saturated carbocycles. The van der Waals surface area contributed by atoms with Gasteiger partial charge in [0.05, 0.1) is 6.42 Å². The van der Waals surface area contributed by atoms with Crippen LogP contribution >= 0.6 is 15.9 Å². The summed E-state index contributed by atoms with van der Waals surface area (Å²) in [6.07, 6.45) is -0.0429. The van der Waals surface area contributed by atoms with Gasteiger partial charge >= 0.3 is 0 Å². The molecule has 0 aliphatic carbocycles. The van der Waals surface area contributed by atoms with E-state index in [4.69, 9.17) is 0 Å². The van der Waals surface area contributed by atoms with Gasteiger partial charge in [-0.3, -0.25) is 4.79 Å². The summed E-state index contributed by atoms with van der Waals surface area (Å²) in [7, 11) is 1.57. The quantitative estimate of drug-likeness (QED) is 0.815. The van der Waals surface area contributed by atoms with Crippen LogP contribution in [0.4, 0.5) is 8.78 Å². The lowest BCUT2D eigenvalue weighted by molar-refractivity contribution is -0.129. The molecular weight excluding hydrogens is 340 g/mol. The van der Waals surface area contributed by atoms with Crippen LogP contribution in [0.25, 0.3) is 0 Å². The first-order chi connectivity index (χ1) is 9.97. The molecule has 0 heterocycles. The first-order valence-corrected chi connectivity index (χ1v) is 7.18. The highest BCUT2D eigenvalue weighted by molar-refractivity contribution is 9.10. The monoisotopic (exact) mass is 353 g/mol. The Morgan fingerprint density at radius 3 is 2.48 bits per heavy atom. The van der Waals surface area contributed by atoms with Crippen LogP contribution in [-0.2, 0) is 17.8 Å². The highest BCUT2D eigenvalue weighted by atomic mass is 79.9. The van der Waals surface area contributed by atoms with Crippen LogP contribution in [-0.4, -0.2) is 17.9 Å². The SMILES string of the molecule is CN(Cc1cc(Br)ccc1F)C(=O)Cc1ccccc1F. The molecule has 1 amide bonds. The van der Waals surface area contributed by atoms with Gasteiger partial charge in [-0.25, -0.2) is 8.78 Å². The standard InChI is InChI=1S/C16H14BrF2NO/c1-20(10-12-8-13(17)6-7-15(12)19)16(21)9-11-4-2-3-5-14(11)18/h2-8H,9-10H2,1H3. The maximum atomic E-state index is 13.7. The summed E-state index contributed by atoms with van der Waals surface area (Å²) in [5.74, 6) is -1.05. The average molecular weight is 354 g/mol. The minimum absolute atomic E-state index is 0.0429. The van der Waals surface area contributed by atoms with Crippen molar-refractivity contribution in [2.24, 2.45) is 0 Å². The lowest BCUT2D eigenvalue weighted by Crippen LogP contribution is -2.28. The van der Waals surface area contributed by atoms with Gasteiger partial charge < -0.3 is 4.90 Å². The van der Waals surface area contributed by atoms with Crippen molar-refractivity contribution in [3.8, 4) is 0 Å². The molecule has 0 aliphatic rings. The van der Waals surface area contributed by atoms with Gasteiger partial charge in [-0.2, -0.15) is 0 Å². The van der Waals surface area contributed by atoms with E-state index in [1.54, 1.807) is 37.4 Å². The third kappa shape index (κ3) is 4.11. The second-order valence-corrected chi connectivity index (χ2v) is 5.67. The van der Waals surface area contributed by atoms with Crippen LogP contribution in [0.5, 0.6) is 0 Å². The molecule has 0 saturated heterocycles. The number of likely N-dealkylation sites (N-methyl/N-ethyl adjacent to an activating group) is 1. The van der Waals surface area contributed by atoms with Crippen LogP contribution in [0.3, 0.4) is 0 Å². The Kier molecular flexibility index (Phi) is 5.07. The summed E-state index contributed by atoms with van der Waals surface area (Å²) in [4.78, 5) is 13.5. The fourth-order valence-corrected chi connectivity index (χ4v) is 2.36. The average Bonchev–Trinajstić information content (AvgIpc) is 2.45. The number of benzene rings is 2. The minimum Gasteiger partial charge on any atom is -0.341 e. The van der Waals surface area contributed by atoms with E-state index in [9.17, 15) is 13.6 Å². The van der Waals surface area contributed by atoms with E-state index >= 15 is 0 Å². The smallest absolute Gasteiger partial charge is 0.227 e. The summed E-state index contributed by atoms with van der Waals surface area (Å²) in [6.45, 7) is 0.137. The minimum atomic E-state index is -0.409. The molecule has 21 heavy (non-hydrogen) atoms. The van der Waals surface area contributed by atoms with Crippen molar-refractivity contribution in [3.05, 3.63) is 69.7 Å². The predicted octanol–water partition coefficient (Wildman–Crippen LogP) is 3.93.